The van der Waals surface area contributed by atoms with Crippen molar-refractivity contribution in [1.82, 2.24) is 0 Å². The Morgan fingerprint density at radius 1 is 1.62 bits per heavy atom. The predicted octanol–water partition coefficient (Wildman–Crippen LogP) is 2.32. The quantitative estimate of drug-likeness (QED) is 0.711. The maximum Gasteiger partial charge on any atom is 0.185 e. The zero-order valence-electron chi connectivity index (χ0n) is 7.69. The molecular weight excluding hydrogens is 168 g/mol. The molecule has 0 radical (unpaired) electrons. The minimum Gasteiger partial charge on any atom is -0.456 e. The lowest BCUT2D eigenvalue weighted by molar-refractivity contribution is 0.107. The molecule has 0 bridgehead atoms. The van der Waals surface area contributed by atoms with E-state index in [-0.39, 0.29) is 5.76 Å². The van der Waals surface area contributed by atoms with E-state index in [1.807, 2.05) is 0 Å². The number of furan rings is 1. The molecule has 0 fully saturated rings. The molecule has 1 rings (SSSR count). The van der Waals surface area contributed by atoms with Gasteiger partial charge in [0, 0.05) is 0 Å². The van der Waals surface area contributed by atoms with E-state index < -0.39 is 6.10 Å². The van der Waals surface area contributed by atoms with Crippen molar-refractivity contribution in [2.75, 3.05) is 0 Å². The summed E-state index contributed by atoms with van der Waals surface area (Å²) in [6.45, 7) is 2.06. The Balaban J connectivity index is 2.54. The Bertz CT molecular complexity index is 265. The van der Waals surface area contributed by atoms with Gasteiger partial charge in [0.2, 0.25) is 0 Å². The molecule has 0 spiro atoms. The Kier molecular flexibility index (Phi) is 3.71. The number of aliphatic hydroxyl groups excluding tert-OH is 1. The first kappa shape index (κ1) is 9.99. The van der Waals surface area contributed by atoms with Crippen molar-refractivity contribution >= 4 is 6.29 Å². The van der Waals surface area contributed by atoms with Crippen molar-refractivity contribution in [1.29, 1.82) is 0 Å². The van der Waals surface area contributed by atoms with Crippen molar-refractivity contribution in [2.24, 2.45) is 0 Å². The molecule has 1 heterocycles. The van der Waals surface area contributed by atoms with Crippen LogP contribution in [0.2, 0.25) is 0 Å². The van der Waals surface area contributed by atoms with Crippen LogP contribution in [0.5, 0.6) is 0 Å². The summed E-state index contributed by atoms with van der Waals surface area (Å²) in [5.74, 6) is 0.751. The van der Waals surface area contributed by atoms with Gasteiger partial charge >= 0.3 is 0 Å². The molecule has 0 saturated heterocycles. The fraction of sp³-hybridized carbons (Fsp3) is 0.500. The third kappa shape index (κ3) is 2.70. The van der Waals surface area contributed by atoms with Gasteiger partial charge in [-0.1, -0.05) is 19.8 Å². The fourth-order valence-electron chi connectivity index (χ4n) is 1.15. The molecule has 72 valence electrons. The third-order valence-electron chi connectivity index (χ3n) is 1.92. The SMILES string of the molecule is CCCC[C@H](O)c1ccc(C=O)o1. The van der Waals surface area contributed by atoms with E-state index in [4.69, 9.17) is 4.42 Å². The lowest BCUT2D eigenvalue weighted by Crippen LogP contribution is -1.94. The van der Waals surface area contributed by atoms with E-state index in [9.17, 15) is 9.90 Å². The van der Waals surface area contributed by atoms with Gasteiger partial charge in [-0.05, 0) is 18.6 Å². The zero-order chi connectivity index (χ0) is 9.68. The van der Waals surface area contributed by atoms with Gasteiger partial charge in [-0.3, -0.25) is 4.79 Å². The summed E-state index contributed by atoms with van der Waals surface area (Å²) < 4.78 is 5.07. The summed E-state index contributed by atoms with van der Waals surface area (Å²) in [7, 11) is 0. The first-order valence-electron chi connectivity index (χ1n) is 4.51. The Morgan fingerprint density at radius 2 is 2.38 bits per heavy atom. The molecule has 0 saturated carbocycles. The molecule has 1 aromatic heterocycles. The number of hydrogen-bond donors (Lipinski definition) is 1. The molecule has 3 heteroatoms. The van der Waals surface area contributed by atoms with Gasteiger partial charge in [-0.2, -0.15) is 0 Å². The fourth-order valence-corrected chi connectivity index (χ4v) is 1.15. The Morgan fingerprint density at radius 3 is 2.92 bits per heavy atom. The first-order chi connectivity index (χ1) is 6.27. The van der Waals surface area contributed by atoms with E-state index in [1.165, 1.54) is 0 Å². The molecule has 3 nitrogen and oxygen atoms in total. The number of aldehydes is 1. The van der Waals surface area contributed by atoms with Crippen LogP contribution in [0.4, 0.5) is 0 Å². The summed E-state index contributed by atoms with van der Waals surface area (Å²) in [6, 6.07) is 3.21. The smallest absolute Gasteiger partial charge is 0.185 e. The largest absolute Gasteiger partial charge is 0.456 e. The van der Waals surface area contributed by atoms with Gasteiger partial charge in [0.1, 0.15) is 11.9 Å². The minimum absolute atomic E-state index is 0.269. The van der Waals surface area contributed by atoms with Crippen LogP contribution in [0.25, 0.3) is 0 Å². The average Bonchev–Trinajstić information content (AvgIpc) is 2.62. The van der Waals surface area contributed by atoms with Crippen LogP contribution >= 0.6 is 0 Å². The van der Waals surface area contributed by atoms with Crippen LogP contribution < -0.4 is 0 Å². The molecule has 0 amide bonds. The number of aliphatic hydroxyl groups is 1. The highest BCUT2D eigenvalue weighted by Crippen LogP contribution is 2.20. The van der Waals surface area contributed by atoms with E-state index >= 15 is 0 Å². The number of rotatable bonds is 5. The van der Waals surface area contributed by atoms with E-state index in [2.05, 4.69) is 6.92 Å². The number of unbranched alkanes of at least 4 members (excludes halogenated alkanes) is 1. The molecule has 13 heavy (non-hydrogen) atoms. The second-order valence-electron chi connectivity index (χ2n) is 3.02. The van der Waals surface area contributed by atoms with Gasteiger partial charge < -0.3 is 9.52 Å². The zero-order valence-corrected chi connectivity index (χ0v) is 7.69. The lowest BCUT2D eigenvalue weighted by Gasteiger charge is -2.05. The molecular formula is C10H14O3. The number of carbonyl (C=O) groups excluding carboxylic acids is 1. The number of carbonyl (C=O) groups is 1. The summed E-state index contributed by atoms with van der Waals surface area (Å²) >= 11 is 0. The van der Waals surface area contributed by atoms with Crippen molar-refractivity contribution in [2.45, 2.75) is 32.3 Å². The summed E-state index contributed by atoms with van der Waals surface area (Å²) in [4.78, 5) is 10.3. The topological polar surface area (TPSA) is 50.4 Å². The monoisotopic (exact) mass is 182 g/mol. The minimum atomic E-state index is -0.575. The van der Waals surface area contributed by atoms with Gasteiger partial charge in [0.15, 0.2) is 12.0 Å². The van der Waals surface area contributed by atoms with E-state index in [0.717, 1.165) is 12.8 Å². The van der Waals surface area contributed by atoms with Crippen LogP contribution in [0.15, 0.2) is 16.5 Å². The van der Waals surface area contributed by atoms with E-state index in [0.29, 0.717) is 18.5 Å². The van der Waals surface area contributed by atoms with Crippen LogP contribution in [-0.4, -0.2) is 11.4 Å². The Hall–Kier alpha value is -1.09. The van der Waals surface area contributed by atoms with Crippen LogP contribution in [0.1, 0.15) is 48.6 Å². The van der Waals surface area contributed by atoms with Crippen LogP contribution in [-0.2, 0) is 0 Å². The maximum atomic E-state index is 10.3. The number of hydrogen-bond acceptors (Lipinski definition) is 3. The molecule has 0 aliphatic heterocycles. The van der Waals surface area contributed by atoms with Gasteiger partial charge in [0.05, 0.1) is 0 Å². The van der Waals surface area contributed by atoms with Crippen LogP contribution in [0, 0.1) is 0 Å². The highest BCUT2D eigenvalue weighted by atomic mass is 16.4. The third-order valence-corrected chi connectivity index (χ3v) is 1.92. The van der Waals surface area contributed by atoms with Crippen molar-refractivity contribution in [3.8, 4) is 0 Å². The first-order valence-corrected chi connectivity index (χ1v) is 4.51. The van der Waals surface area contributed by atoms with Gasteiger partial charge in [-0.25, -0.2) is 0 Å². The van der Waals surface area contributed by atoms with Gasteiger partial charge in [-0.15, -0.1) is 0 Å². The molecule has 1 atom stereocenters. The van der Waals surface area contributed by atoms with E-state index in [1.54, 1.807) is 12.1 Å². The molecule has 0 unspecified atom stereocenters. The van der Waals surface area contributed by atoms with Crippen molar-refractivity contribution in [3.63, 3.8) is 0 Å². The molecule has 1 N–H and O–H groups in total. The lowest BCUT2D eigenvalue weighted by atomic mass is 10.1. The predicted molar refractivity (Wildman–Crippen MR) is 48.6 cm³/mol. The summed E-state index contributed by atoms with van der Waals surface area (Å²) in [5, 5.41) is 9.55. The molecule has 0 aliphatic carbocycles. The van der Waals surface area contributed by atoms with Crippen molar-refractivity contribution < 1.29 is 14.3 Å². The molecule has 0 aromatic carbocycles. The average molecular weight is 182 g/mol. The highest BCUT2D eigenvalue weighted by molar-refractivity contribution is 5.70. The van der Waals surface area contributed by atoms with Crippen molar-refractivity contribution in [3.05, 3.63) is 23.7 Å². The maximum absolute atomic E-state index is 10.3. The second kappa shape index (κ2) is 4.82. The molecule has 1 aromatic rings. The van der Waals surface area contributed by atoms with Crippen LogP contribution in [0.3, 0.4) is 0 Å². The molecule has 0 aliphatic rings. The standard InChI is InChI=1S/C10H14O3/c1-2-3-4-9(12)10-6-5-8(7-11)13-10/h5-7,9,12H,2-4H2,1H3/t9-/m0/s1. The summed E-state index contributed by atoms with van der Waals surface area (Å²) in [6.07, 6.45) is 2.74. The Labute approximate surface area is 77.4 Å². The highest BCUT2D eigenvalue weighted by Gasteiger charge is 2.10. The van der Waals surface area contributed by atoms with Gasteiger partial charge in [0.25, 0.3) is 0 Å². The second-order valence-corrected chi connectivity index (χ2v) is 3.02. The summed E-state index contributed by atoms with van der Waals surface area (Å²) in [5.41, 5.74) is 0. The normalized spacial score (nSPS) is 12.8.